The Kier molecular flexibility index (Phi) is 7.88. The Morgan fingerprint density at radius 3 is 2.54 bits per heavy atom. The number of ether oxygens (including phenoxy) is 1. The van der Waals surface area contributed by atoms with Crippen LogP contribution in [0.5, 0.6) is 0 Å². The number of likely N-dealkylation sites (tertiary alicyclic amines) is 1. The zero-order valence-electron chi connectivity index (χ0n) is 15.5. The van der Waals surface area contributed by atoms with Crippen LogP contribution in [0.3, 0.4) is 0 Å². The lowest BCUT2D eigenvalue weighted by Gasteiger charge is -2.30. The van der Waals surface area contributed by atoms with Crippen LogP contribution in [0.1, 0.15) is 45.4 Å². The number of hydrogen-bond donors (Lipinski definition) is 1. The molecule has 0 aromatic rings. The first-order valence-electron chi connectivity index (χ1n) is 9.59. The van der Waals surface area contributed by atoms with E-state index in [4.69, 9.17) is 9.73 Å². The molecular weight excluding hydrogens is 458 g/mol. The van der Waals surface area contributed by atoms with Crippen molar-refractivity contribution in [2.24, 2.45) is 22.2 Å². The molecule has 1 spiro atoms. The summed E-state index contributed by atoms with van der Waals surface area (Å²) in [5.41, 5.74) is 0.279. The normalized spacial score (nSPS) is 32.8. The van der Waals surface area contributed by atoms with Gasteiger partial charge in [0.2, 0.25) is 0 Å². The zero-order valence-corrected chi connectivity index (χ0v) is 17.8. The highest BCUT2D eigenvalue weighted by Gasteiger charge is 2.43. The number of alkyl halides is 3. The molecule has 1 unspecified atom stereocenters. The first kappa shape index (κ1) is 22.0. The largest absolute Gasteiger partial charge is 0.391 e. The molecule has 0 radical (unpaired) electrons. The molecule has 0 amide bonds. The van der Waals surface area contributed by atoms with Gasteiger partial charge in [0, 0.05) is 38.2 Å². The van der Waals surface area contributed by atoms with E-state index in [1.165, 1.54) is 0 Å². The number of nitrogens with one attached hydrogen (secondary N) is 1. The van der Waals surface area contributed by atoms with Gasteiger partial charge < -0.3 is 15.0 Å². The molecule has 0 bridgehead atoms. The van der Waals surface area contributed by atoms with Gasteiger partial charge in [-0.2, -0.15) is 13.2 Å². The molecule has 4 nitrogen and oxygen atoms in total. The van der Waals surface area contributed by atoms with E-state index in [9.17, 15) is 13.2 Å². The zero-order chi connectivity index (χ0) is 17.9. The van der Waals surface area contributed by atoms with Crippen LogP contribution in [0, 0.1) is 17.3 Å². The number of nitrogens with zero attached hydrogens (tertiary/aromatic N) is 2. The summed E-state index contributed by atoms with van der Waals surface area (Å²) >= 11 is 0. The highest BCUT2D eigenvalue weighted by atomic mass is 127. The summed E-state index contributed by atoms with van der Waals surface area (Å²) in [7, 11) is 0. The highest BCUT2D eigenvalue weighted by molar-refractivity contribution is 14.0. The summed E-state index contributed by atoms with van der Waals surface area (Å²) < 4.78 is 43.9. The predicted molar refractivity (Wildman–Crippen MR) is 107 cm³/mol. The SMILES string of the molecule is CCNC(=NCC1CCC(C(F)(F)F)CC1)N1CCC2(CCOC2)C1.I. The van der Waals surface area contributed by atoms with Crippen LogP contribution in [0.2, 0.25) is 0 Å². The molecular formula is C18H31F3IN3O. The number of hydrogen-bond acceptors (Lipinski definition) is 2. The molecule has 152 valence electrons. The van der Waals surface area contributed by atoms with Crippen molar-refractivity contribution >= 4 is 29.9 Å². The third kappa shape index (κ3) is 5.39. The lowest BCUT2D eigenvalue weighted by atomic mass is 9.82. The Balaban J connectivity index is 0.00000243. The van der Waals surface area contributed by atoms with Gasteiger partial charge in [-0.1, -0.05) is 0 Å². The molecule has 2 aliphatic heterocycles. The number of rotatable bonds is 3. The number of aliphatic imine (C=N–C) groups is 1. The monoisotopic (exact) mass is 489 g/mol. The van der Waals surface area contributed by atoms with Crippen molar-refractivity contribution in [3.8, 4) is 0 Å². The minimum atomic E-state index is -4.03. The maximum absolute atomic E-state index is 12.8. The van der Waals surface area contributed by atoms with E-state index in [-0.39, 0.29) is 48.2 Å². The van der Waals surface area contributed by atoms with E-state index in [1.807, 2.05) is 0 Å². The Morgan fingerprint density at radius 1 is 1.23 bits per heavy atom. The maximum atomic E-state index is 12.8. The van der Waals surface area contributed by atoms with Crippen molar-refractivity contribution in [3.05, 3.63) is 0 Å². The molecule has 2 heterocycles. The summed E-state index contributed by atoms with van der Waals surface area (Å²) in [6, 6.07) is 0. The van der Waals surface area contributed by atoms with E-state index in [2.05, 4.69) is 17.1 Å². The maximum Gasteiger partial charge on any atom is 0.391 e. The van der Waals surface area contributed by atoms with Crippen molar-refractivity contribution < 1.29 is 17.9 Å². The fourth-order valence-electron chi connectivity index (χ4n) is 4.40. The van der Waals surface area contributed by atoms with E-state index < -0.39 is 12.1 Å². The van der Waals surface area contributed by atoms with Crippen LogP contribution in [0.25, 0.3) is 0 Å². The Labute approximate surface area is 171 Å². The van der Waals surface area contributed by atoms with Gasteiger partial charge in [0.25, 0.3) is 0 Å². The van der Waals surface area contributed by atoms with Gasteiger partial charge in [-0.05, 0) is 51.4 Å². The average Bonchev–Trinajstić information content (AvgIpc) is 3.21. The topological polar surface area (TPSA) is 36.9 Å². The first-order valence-corrected chi connectivity index (χ1v) is 9.59. The second kappa shape index (κ2) is 9.30. The molecule has 1 aliphatic carbocycles. The molecule has 3 aliphatic rings. The first-order chi connectivity index (χ1) is 11.9. The Hall–Kier alpha value is -0.250. The Morgan fingerprint density at radius 2 is 1.96 bits per heavy atom. The van der Waals surface area contributed by atoms with Gasteiger partial charge >= 0.3 is 6.18 Å². The second-order valence-corrected chi connectivity index (χ2v) is 7.93. The van der Waals surface area contributed by atoms with Gasteiger partial charge in [-0.25, -0.2) is 0 Å². The van der Waals surface area contributed by atoms with Crippen molar-refractivity contribution in [3.63, 3.8) is 0 Å². The van der Waals surface area contributed by atoms with Gasteiger partial charge in [0.15, 0.2) is 5.96 Å². The number of halogens is 4. The molecule has 2 saturated heterocycles. The lowest BCUT2D eigenvalue weighted by molar-refractivity contribution is -0.183. The van der Waals surface area contributed by atoms with Crippen LogP contribution in [-0.4, -0.2) is 56.4 Å². The van der Waals surface area contributed by atoms with E-state index in [1.54, 1.807) is 0 Å². The van der Waals surface area contributed by atoms with E-state index in [0.717, 1.165) is 51.6 Å². The van der Waals surface area contributed by atoms with Crippen LogP contribution >= 0.6 is 24.0 Å². The van der Waals surface area contributed by atoms with E-state index in [0.29, 0.717) is 19.4 Å². The molecule has 8 heteroatoms. The van der Waals surface area contributed by atoms with Gasteiger partial charge in [0.05, 0.1) is 12.5 Å². The number of guanidine groups is 1. The van der Waals surface area contributed by atoms with Crippen LogP contribution < -0.4 is 5.32 Å². The third-order valence-electron chi connectivity index (χ3n) is 6.07. The summed E-state index contributed by atoms with van der Waals surface area (Å²) in [6.45, 7) is 7.13. The predicted octanol–water partition coefficient (Wildman–Crippen LogP) is 4.05. The molecule has 0 aromatic heterocycles. The smallest absolute Gasteiger partial charge is 0.381 e. The van der Waals surface area contributed by atoms with Crippen molar-refractivity contribution in [1.82, 2.24) is 10.2 Å². The van der Waals surface area contributed by atoms with Gasteiger partial charge in [-0.3, -0.25) is 4.99 Å². The quantitative estimate of drug-likeness (QED) is 0.369. The van der Waals surface area contributed by atoms with E-state index >= 15 is 0 Å². The Bertz CT molecular complexity index is 473. The molecule has 1 N–H and O–H groups in total. The average molecular weight is 489 g/mol. The molecule has 26 heavy (non-hydrogen) atoms. The van der Waals surface area contributed by atoms with Crippen LogP contribution in [-0.2, 0) is 4.74 Å². The van der Waals surface area contributed by atoms with Crippen molar-refractivity contribution in [2.45, 2.75) is 51.6 Å². The summed E-state index contributed by atoms with van der Waals surface area (Å²) in [6.07, 6.45) is -0.0145. The van der Waals surface area contributed by atoms with Gasteiger partial charge in [0.1, 0.15) is 0 Å². The second-order valence-electron chi connectivity index (χ2n) is 7.93. The lowest BCUT2D eigenvalue weighted by Crippen LogP contribution is -2.42. The van der Waals surface area contributed by atoms with Gasteiger partial charge in [-0.15, -0.1) is 24.0 Å². The summed E-state index contributed by atoms with van der Waals surface area (Å²) in [5, 5.41) is 3.36. The molecule has 1 saturated carbocycles. The van der Waals surface area contributed by atoms with Crippen LogP contribution in [0.15, 0.2) is 4.99 Å². The van der Waals surface area contributed by atoms with Crippen LogP contribution in [0.4, 0.5) is 13.2 Å². The summed E-state index contributed by atoms with van der Waals surface area (Å²) in [5.74, 6) is 0.0876. The fourth-order valence-corrected chi connectivity index (χ4v) is 4.40. The van der Waals surface area contributed by atoms with Crippen molar-refractivity contribution in [1.29, 1.82) is 0 Å². The minimum absolute atomic E-state index is 0. The standard InChI is InChI=1S/C18H30F3N3O.HI/c1-2-22-16(24-9-7-17(12-24)8-10-25-13-17)23-11-14-3-5-15(6-4-14)18(19,20)21;/h14-15H,2-13H2,1H3,(H,22,23);1H. The molecule has 1 atom stereocenters. The molecule has 0 aromatic carbocycles. The third-order valence-corrected chi connectivity index (χ3v) is 6.07. The molecule has 3 fully saturated rings. The highest BCUT2D eigenvalue weighted by Crippen LogP contribution is 2.40. The fraction of sp³-hybridized carbons (Fsp3) is 0.944. The molecule has 3 rings (SSSR count). The van der Waals surface area contributed by atoms with Crippen molar-refractivity contribution in [2.75, 3.05) is 39.4 Å². The summed E-state index contributed by atoms with van der Waals surface area (Å²) in [4.78, 5) is 7.08. The minimum Gasteiger partial charge on any atom is -0.381 e.